The quantitative estimate of drug-likeness (QED) is 0.823. The van der Waals surface area contributed by atoms with Gasteiger partial charge in [0.05, 0.1) is 18.6 Å². The highest BCUT2D eigenvalue weighted by molar-refractivity contribution is 5.94. The van der Waals surface area contributed by atoms with E-state index in [9.17, 15) is 14.0 Å². The van der Waals surface area contributed by atoms with E-state index in [1.54, 1.807) is 6.92 Å². The number of carboxylic acids is 1. The zero-order valence-electron chi connectivity index (χ0n) is 10.8. The van der Waals surface area contributed by atoms with Crippen LogP contribution in [0.1, 0.15) is 23.7 Å². The highest BCUT2D eigenvalue weighted by atomic mass is 19.1. The number of carbonyl (C=O) groups excluding carboxylic acids is 1. The number of halogens is 1. The number of hydrogen-bond donors (Lipinski definition) is 2. The van der Waals surface area contributed by atoms with Gasteiger partial charge in [0.2, 0.25) is 0 Å². The lowest BCUT2D eigenvalue weighted by atomic mass is 10.1. The Kier molecular flexibility index (Phi) is 5.29. The molecule has 5 nitrogen and oxygen atoms in total. The van der Waals surface area contributed by atoms with Crippen LogP contribution in [0, 0.1) is 11.7 Å². The van der Waals surface area contributed by atoms with Gasteiger partial charge in [-0.2, -0.15) is 0 Å². The van der Waals surface area contributed by atoms with Crippen molar-refractivity contribution in [3.05, 3.63) is 29.6 Å². The van der Waals surface area contributed by atoms with Crippen LogP contribution < -0.4 is 10.1 Å². The van der Waals surface area contributed by atoms with Crippen LogP contribution in [0.5, 0.6) is 5.75 Å². The summed E-state index contributed by atoms with van der Waals surface area (Å²) < 4.78 is 18.4. The molecule has 0 fully saturated rings. The van der Waals surface area contributed by atoms with Crippen molar-refractivity contribution in [1.29, 1.82) is 0 Å². The largest absolute Gasteiger partial charge is 0.497 e. The van der Waals surface area contributed by atoms with Crippen LogP contribution in [-0.2, 0) is 4.79 Å². The van der Waals surface area contributed by atoms with E-state index in [1.165, 1.54) is 19.2 Å². The molecule has 0 radical (unpaired) electrons. The van der Waals surface area contributed by atoms with Crippen molar-refractivity contribution in [2.45, 2.75) is 13.3 Å². The highest BCUT2D eigenvalue weighted by Crippen LogP contribution is 2.16. The van der Waals surface area contributed by atoms with E-state index in [4.69, 9.17) is 9.84 Å². The number of amides is 1. The normalized spacial score (nSPS) is 11.7. The zero-order chi connectivity index (χ0) is 14.4. The Balaban J connectivity index is 2.57. The van der Waals surface area contributed by atoms with Crippen LogP contribution in [0.3, 0.4) is 0 Å². The number of nitrogens with one attached hydrogen (secondary N) is 1. The van der Waals surface area contributed by atoms with Crippen molar-refractivity contribution in [3.63, 3.8) is 0 Å². The second-order valence-corrected chi connectivity index (χ2v) is 4.13. The third-order valence-electron chi connectivity index (χ3n) is 2.71. The van der Waals surface area contributed by atoms with Crippen LogP contribution in [0.4, 0.5) is 4.39 Å². The van der Waals surface area contributed by atoms with Crippen molar-refractivity contribution in [2.75, 3.05) is 13.7 Å². The Morgan fingerprint density at radius 1 is 1.47 bits per heavy atom. The lowest BCUT2D eigenvalue weighted by Gasteiger charge is -2.09. The molecule has 104 valence electrons. The number of carbonyl (C=O) groups is 2. The van der Waals surface area contributed by atoms with Gasteiger partial charge < -0.3 is 15.2 Å². The molecule has 0 spiro atoms. The summed E-state index contributed by atoms with van der Waals surface area (Å²) in [5, 5.41) is 11.2. The maximum Gasteiger partial charge on any atom is 0.306 e. The van der Waals surface area contributed by atoms with Crippen molar-refractivity contribution >= 4 is 11.9 Å². The molecule has 0 aliphatic heterocycles. The average molecular weight is 269 g/mol. The highest BCUT2D eigenvalue weighted by Gasteiger charge is 2.14. The third-order valence-corrected chi connectivity index (χ3v) is 2.71. The van der Waals surface area contributed by atoms with Gasteiger partial charge in [0, 0.05) is 12.6 Å². The fourth-order valence-electron chi connectivity index (χ4n) is 1.43. The van der Waals surface area contributed by atoms with Crippen molar-refractivity contribution in [1.82, 2.24) is 5.32 Å². The summed E-state index contributed by atoms with van der Waals surface area (Å²) in [5.41, 5.74) is -0.0937. The number of hydrogen-bond acceptors (Lipinski definition) is 3. The molecule has 1 aromatic carbocycles. The molecule has 2 N–H and O–H groups in total. The standard InChI is InChI=1S/C13H16FNO4/c1-8(13(17)18)5-6-15-12(16)10-4-3-9(19-2)7-11(10)14/h3-4,7-8H,5-6H2,1-2H3,(H,15,16)(H,17,18). The number of ether oxygens (including phenoxy) is 1. The first-order valence-corrected chi connectivity index (χ1v) is 5.80. The molecule has 0 aliphatic rings. The minimum atomic E-state index is -0.926. The molecule has 6 heteroatoms. The number of methoxy groups -OCH3 is 1. The summed E-state index contributed by atoms with van der Waals surface area (Å²) in [4.78, 5) is 22.3. The first kappa shape index (κ1) is 14.9. The molecule has 0 bridgehead atoms. The molecule has 0 aliphatic carbocycles. The molecule has 1 atom stereocenters. The maximum absolute atomic E-state index is 13.6. The summed E-state index contributed by atoms with van der Waals surface area (Å²) in [7, 11) is 1.40. The Bertz CT molecular complexity index is 476. The molecule has 1 amide bonds. The van der Waals surface area contributed by atoms with Crippen LogP contribution in [-0.4, -0.2) is 30.6 Å². The number of rotatable bonds is 6. The van der Waals surface area contributed by atoms with E-state index in [1.807, 2.05) is 0 Å². The summed E-state index contributed by atoms with van der Waals surface area (Å²) in [6.07, 6.45) is 0.291. The second-order valence-electron chi connectivity index (χ2n) is 4.13. The first-order valence-electron chi connectivity index (χ1n) is 5.80. The Labute approximate surface area is 110 Å². The number of aliphatic carboxylic acids is 1. The Morgan fingerprint density at radius 2 is 2.16 bits per heavy atom. The molecular weight excluding hydrogens is 253 g/mol. The molecule has 0 aromatic heterocycles. The fraction of sp³-hybridized carbons (Fsp3) is 0.385. The van der Waals surface area contributed by atoms with E-state index < -0.39 is 23.6 Å². The van der Waals surface area contributed by atoms with Crippen LogP contribution in [0.25, 0.3) is 0 Å². The van der Waals surface area contributed by atoms with Crippen molar-refractivity contribution in [3.8, 4) is 5.75 Å². The summed E-state index contributed by atoms with van der Waals surface area (Å²) in [6.45, 7) is 1.72. The minimum absolute atomic E-state index is 0.0937. The first-order chi connectivity index (χ1) is 8.95. The SMILES string of the molecule is COc1ccc(C(=O)NCCC(C)C(=O)O)c(F)c1. The van der Waals surface area contributed by atoms with E-state index in [0.717, 1.165) is 6.07 Å². The predicted molar refractivity (Wildman–Crippen MR) is 66.7 cm³/mol. The molecule has 1 aromatic rings. The lowest BCUT2D eigenvalue weighted by molar-refractivity contribution is -0.141. The van der Waals surface area contributed by atoms with Crippen LogP contribution in [0.2, 0.25) is 0 Å². The van der Waals surface area contributed by atoms with Gasteiger partial charge in [0.1, 0.15) is 11.6 Å². The lowest BCUT2D eigenvalue weighted by Crippen LogP contribution is -2.27. The summed E-state index contributed by atoms with van der Waals surface area (Å²) >= 11 is 0. The van der Waals surface area contributed by atoms with E-state index >= 15 is 0 Å². The minimum Gasteiger partial charge on any atom is -0.497 e. The summed E-state index contributed by atoms with van der Waals surface area (Å²) in [5.74, 6) is -2.40. The monoisotopic (exact) mass is 269 g/mol. The predicted octanol–water partition coefficient (Wildman–Crippen LogP) is 1.67. The van der Waals surface area contributed by atoms with Crippen LogP contribution >= 0.6 is 0 Å². The molecule has 1 unspecified atom stereocenters. The molecule has 0 saturated carbocycles. The molecular formula is C13H16FNO4. The summed E-state index contributed by atoms with van der Waals surface area (Å²) in [6, 6.07) is 3.93. The molecule has 19 heavy (non-hydrogen) atoms. The van der Waals surface area contributed by atoms with Crippen molar-refractivity contribution < 1.29 is 23.8 Å². The van der Waals surface area contributed by atoms with E-state index in [-0.39, 0.29) is 12.1 Å². The van der Waals surface area contributed by atoms with E-state index in [2.05, 4.69) is 5.32 Å². The molecule has 0 heterocycles. The average Bonchev–Trinajstić information content (AvgIpc) is 2.37. The van der Waals surface area contributed by atoms with Gasteiger partial charge in [0.15, 0.2) is 0 Å². The second kappa shape index (κ2) is 6.72. The number of carboxylic acid groups (broad SMARTS) is 1. The van der Waals surface area contributed by atoms with Gasteiger partial charge in [-0.15, -0.1) is 0 Å². The molecule has 1 rings (SSSR count). The smallest absolute Gasteiger partial charge is 0.306 e. The van der Waals surface area contributed by atoms with Crippen LogP contribution in [0.15, 0.2) is 18.2 Å². The van der Waals surface area contributed by atoms with Gasteiger partial charge in [-0.3, -0.25) is 9.59 Å². The topological polar surface area (TPSA) is 75.6 Å². The van der Waals surface area contributed by atoms with Gasteiger partial charge in [-0.25, -0.2) is 4.39 Å². The third kappa shape index (κ3) is 4.24. The van der Waals surface area contributed by atoms with Gasteiger partial charge in [-0.05, 0) is 18.6 Å². The number of benzene rings is 1. The van der Waals surface area contributed by atoms with Gasteiger partial charge in [-0.1, -0.05) is 6.92 Å². The molecule has 0 saturated heterocycles. The Morgan fingerprint density at radius 3 is 2.68 bits per heavy atom. The fourth-order valence-corrected chi connectivity index (χ4v) is 1.43. The van der Waals surface area contributed by atoms with Gasteiger partial charge in [0.25, 0.3) is 5.91 Å². The van der Waals surface area contributed by atoms with Gasteiger partial charge >= 0.3 is 5.97 Å². The Hall–Kier alpha value is -2.11. The van der Waals surface area contributed by atoms with Crippen molar-refractivity contribution in [2.24, 2.45) is 5.92 Å². The van der Waals surface area contributed by atoms with E-state index in [0.29, 0.717) is 12.2 Å². The zero-order valence-corrected chi connectivity index (χ0v) is 10.8. The maximum atomic E-state index is 13.6.